The van der Waals surface area contributed by atoms with Crippen LogP contribution in [0.25, 0.3) is 27.6 Å². The fourth-order valence-electron chi connectivity index (χ4n) is 6.60. The van der Waals surface area contributed by atoms with Gasteiger partial charge in [-0.1, -0.05) is 34.1 Å². The van der Waals surface area contributed by atoms with Gasteiger partial charge in [-0.25, -0.2) is 9.97 Å². The number of nitrogens with two attached hydrogens (primary N) is 2. The fraction of sp³-hybridized carbons (Fsp3) is 0.550. The Morgan fingerprint density at radius 1 is 0.759 bits per heavy atom. The van der Waals surface area contributed by atoms with Crippen LogP contribution in [0.5, 0.6) is 0 Å². The summed E-state index contributed by atoms with van der Waals surface area (Å²) in [6.45, 7) is 20.5. The summed E-state index contributed by atoms with van der Waals surface area (Å²) >= 11 is 3.39. The SMILES string of the molecule is CC(C)(O)Cn1c(N)nc2cc(Br)ccc21.CN1CC=C(B2OC(C)(C)C(C)(C)O2)CC1.CN1CC=C(c2ccc3c(c2)nc(N)n3CC(C)(C)O)CC1. The average molecular weight is 808 g/mol. The average Bonchev–Trinajstić information content (AvgIpc) is 3.61. The Bertz CT molecular complexity index is 1990. The molecule has 0 amide bonds. The number of imidazole rings is 2. The lowest BCUT2D eigenvalue weighted by Crippen LogP contribution is -2.41. The van der Waals surface area contributed by atoms with E-state index >= 15 is 0 Å². The van der Waals surface area contributed by atoms with Crippen LogP contribution in [0.2, 0.25) is 0 Å². The first-order valence-electron chi connectivity index (χ1n) is 18.7. The Morgan fingerprint density at radius 2 is 1.24 bits per heavy atom. The van der Waals surface area contributed by atoms with Crippen molar-refractivity contribution >= 4 is 62.6 Å². The molecular formula is C40H60BBrN8O4. The summed E-state index contributed by atoms with van der Waals surface area (Å²) in [5.41, 5.74) is 17.3. The number of fused-ring (bicyclic) bond motifs is 2. The number of hydrogen-bond acceptors (Lipinski definition) is 10. The lowest BCUT2D eigenvalue weighted by atomic mass is 9.75. The Morgan fingerprint density at radius 3 is 1.70 bits per heavy atom. The first-order chi connectivity index (χ1) is 25.0. The molecule has 14 heteroatoms. The summed E-state index contributed by atoms with van der Waals surface area (Å²) in [5.74, 6) is 0.877. The normalized spacial score (nSPS) is 19.2. The predicted molar refractivity (Wildman–Crippen MR) is 225 cm³/mol. The number of halogens is 1. The number of likely N-dealkylation sites (N-methyl/N-ethyl adjacent to an activating group) is 2. The van der Waals surface area contributed by atoms with Crippen molar-refractivity contribution in [3.8, 4) is 0 Å². The van der Waals surface area contributed by atoms with E-state index in [-0.39, 0.29) is 18.3 Å². The van der Waals surface area contributed by atoms with Gasteiger partial charge in [-0.15, -0.1) is 0 Å². The van der Waals surface area contributed by atoms with E-state index in [4.69, 9.17) is 20.8 Å². The molecule has 0 aliphatic carbocycles. The van der Waals surface area contributed by atoms with Gasteiger partial charge in [0.25, 0.3) is 0 Å². The molecule has 1 saturated heterocycles. The number of anilines is 2. The maximum absolute atomic E-state index is 10.0. The maximum Gasteiger partial charge on any atom is 0.490 e. The predicted octanol–water partition coefficient (Wildman–Crippen LogP) is 6.14. The molecule has 6 N–H and O–H groups in total. The van der Waals surface area contributed by atoms with Crippen molar-refractivity contribution in [2.75, 3.05) is 51.7 Å². The number of aliphatic hydroxyl groups is 2. The van der Waals surface area contributed by atoms with Gasteiger partial charge in [-0.2, -0.15) is 0 Å². The third-order valence-corrected chi connectivity index (χ3v) is 10.9. The van der Waals surface area contributed by atoms with E-state index < -0.39 is 11.2 Å². The topological polar surface area (TPSA) is 153 Å². The van der Waals surface area contributed by atoms with Gasteiger partial charge in [0.2, 0.25) is 11.9 Å². The van der Waals surface area contributed by atoms with Crippen LogP contribution in [-0.4, -0.2) is 109 Å². The molecule has 0 saturated carbocycles. The summed E-state index contributed by atoms with van der Waals surface area (Å²) in [5, 5.41) is 19.9. The molecule has 4 aromatic rings. The Labute approximate surface area is 329 Å². The third-order valence-electron chi connectivity index (χ3n) is 10.4. The first-order valence-corrected chi connectivity index (χ1v) is 19.5. The van der Waals surface area contributed by atoms with Gasteiger partial charge in [0.05, 0.1) is 57.6 Å². The Kier molecular flexibility index (Phi) is 12.5. The number of nitrogen functional groups attached to an aromatic ring is 2. The molecule has 0 spiro atoms. The molecule has 5 heterocycles. The highest BCUT2D eigenvalue weighted by atomic mass is 79.9. The molecule has 2 aromatic carbocycles. The van der Waals surface area contributed by atoms with Crippen LogP contribution in [-0.2, 0) is 22.4 Å². The van der Waals surface area contributed by atoms with Crippen LogP contribution in [0.3, 0.4) is 0 Å². The summed E-state index contributed by atoms with van der Waals surface area (Å²) in [4.78, 5) is 13.3. The van der Waals surface area contributed by atoms with Crippen molar-refractivity contribution in [1.29, 1.82) is 0 Å². The smallest absolute Gasteiger partial charge is 0.400 e. The number of hydrogen-bond donors (Lipinski definition) is 4. The van der Waals surface area contributed by atoms with E-state index in [1.54, 1.807) is 27.7 Å². The summed E-state index contributed by atoms with van der Waals surface area (Å²) in [6, 6.07) is 12.1. The van der Waals surface area contributed by atoms with Crippen molar-refractivity contribution in [3.05, 3.63) is 64.1 Å². The second-order valence-electron chi connectivity index (χ2n) is 17.2. The van der Waals surface area contributed by atoms with Gasteiger partial charge >= 0.3 is 7.12 Å². The van der Waals surface area contributed by atoms with Gasteiger partial charge < -0.3 is 49.9 Å². The molecule has 0 atom stereocenters. The molecule has 54 heavy (non-hydrogen) atoms. The summed E-state index contributed by atoms with van der Waals surface area (Å²) in [6.07, 6.45) is 6.63. The minimum atomic E-state index is -0.823. The summed E-state index contributed by atoms with van der Waals surface area (Å²) in [7, 11) is 4.13. The van der Waals surface area contributed by atoms with Crippen molar-refractivity contribution in [3.63, 3.8) is 0 Å². The van der Waals surface area contributed by atoms with E-state index in [2.05, 4.69) is 108 Å². The lowest BCUT2D eigenvalue weighted by molar-refractivity contribution is 0.00578. The highest BCUT2D eigenvalue weighted by Gasteiger charge is 2.52. The van der Waals surface area contributed by atoms with Gasteiger partial charge in [-0.05, 0) is 129 Å². The number of aromatic nitrogens is 4. The number of nitrogens with zero attached hydrogens (tertiary/aromatic N) is 6. The van der Waals surface area contributed by atoms with E-state index in [1.165, 1.54) is 16.6 Å². The standard InChI is InChI=1S/C17H24N4O.C12H22BNO2.C11H14BrN3O/c1-17(2,22)11-21-15-5-4-13(10-14(15)19-16(21)18)12-6-8-20(3)9-7-12;1-11(2)12(3,4)16-13(15-11)10-6-8-14(5)9-7-10;1-11(2,16)6-15-9-4-3-7(12)5-8(9)14-10(15)13/h4-6,10,22H,7-9,11H2,1-3H3,(H2,18,19);6H,7-9H2,1-5H3;3-5,16H,6H2,1-2H3,(H2,13,14). The van der Waals surface area contributed by atoms with Crippen molar-refractivity contribution in [2.24, 2.45) is 0 Å². The van der Waals surface area contributed by atoms with E-state index in [0.717, 1.165) is 65.6 Å². The molecule has 12 nitrogen and oxygen atoms in total. The second-order valence-corrected chi connectivity index (χ2v) is 18.1. The van der Waals surface area contributed by atoms with Crippen molar-refractivity contribution < 1.29 is 19.5 Å². The molecule has 294 valence electrons. The van der Waals surface area contributed by atoms with Crippen LogP contribution >= 0.6 is 15.9 Å². The molecule has 3 aliphatic rings. The van der Waals surface area contributed by atoms with Crippen LogP contribution in [0.15, 0.2) is 58.5 Å². The monoisotopic (exact) mass is 806 g/mol. The number of benzene rings is 2. The summed E-state index contributed by atoms with van der Waals surface area (Å²) < 4.78 is 16.7. The van der Waals surface area contributed by atoms with Crippen LogP contribution < -0.4 is 11.5 Å². The zero-order valence-corrected chi connectivity index (χ0v) is 35.4. The van der Waals surface area contributed by atoms with E-state index in [1.807, 2.05) is 27.3 Å². The Hall–Kier alpha value is -3.24. The van der Waals surface area contributed by atoms with Crippen LogP contribution in [0, 0.1) is 0 Å². The van der Waals surface area contributed by atoms with E-state index in [0.29, 0.717) is 25.0 Å². The molecule has 0 radical (unpaired) electrons. The highest BCUT2D eigenvalue weighted by molar-refractivity contribution is 9.10. The molecule has 0 bridgehead atoms. The van der Waals surface area contributed by atoms with Gasteiger partial charge in [0, 0.05) is 30.7 Å². The molecule has 1 fully saturated rings. The minimum Gasteiger partial charge on any atom is -0.400 e. The van der Waals surface area contributed by atoms with Gasteiger partial charge in [0.1, 0.15) is 0 Å². The van der Waals surface area contributed by atoms with Gasteiger partial charge in [0.15, 0.2) is 0 Å². The first kappa shape index (κ1) is 41.9. The van der Waals surface area contributed by atoms with Crippen LogP contribution in [0.1, 0.15) is 73.8 Å². The second kappa shape index (κ2) is 16.1. The van der Waals surface area contributed by atoms with Crippen molar-refractivity contribution in [1.82, 2.24) is 28.9 Å². The highest BCUT2D eigenvalue weighted by Crippen LogP contribution is 2.39. The van der Waals surface area contributed by atoms with Crippen LogP contribution in [0.4, 0.5) is 11.9 Å². The minimum absolute atomic E-state index is 0.140. The lowest BCUT2D eigenvalue weighted by Gasteiger charge is -2.32. The van der Waals surface area contributed by atoms with Gasteiger partial charge in [-0.3, -0.25) is 0 Å². The largest absolute Gasteiger partial charge is 0.490 e. The third kappa shape index (κ3) is 10.3. The quantitative estimate of drug-likeness (QED) is 0.167. The van der Waals surface area contributed by atoms with E-state index in [9.17, 15) is 10.2 Å². The number of rotatable bonds is 6. The molecular weight excluding hydrogens is 747 g/mol. The fourth-order valence-corrected chi connectivity index (χ4v) is 6.95. The zero-order chi connectivity index (χ0) is 39.8. The molecule has 3 aliphatic heterocycles. The molecule has 2 aromatic heterocycles. The Balaban J connectivity index is 0.000000159. The van der Waals surface area contributed by atoms with Crippen molar-refractivity contribution in [2.45, 2.75) is 104 Å². The maximum atomic E-state index is 10.0. The molecule has 0 unspecified atom stereocenters. The zero-order valence-electron chi connectivity index (χ0n) is 33.8. The molecule has 7 rings (SSSR count).